The number of likely N-dealkylation sites (tertiary alicyclic amines) is 1. The average molecular weight is 978 g/mol. The third-order valence-corrected chi connectivity index (χ3v) is 13.2. The molecule has 0 radical (unpaired) electrons. The lowest BCUT2D eigenvalue weighted by molar-refractivity contribution is -0.145. The van der Waals surface area contributed by atoms with Crippen molar-refractivity contribution in [2.45, 2.75) is 114 Å². The van der Waals surface area contributed by atoms with Crippen molar-refractivity contribution in [2.75, 3.05) is 13.2 Å². The summed E-state index contributed by atoms with van der Waals surface area (Å²) in [6.45, 7) is 3.63. The van der Waals surface area contributed by atoms with Gasteiger partial charge in [-0.25, -0.2) is 4.79 Å². The quantitative estimate of drug-likeness (QED) is 0.0868. The monoisotopic (exact) mass is 977 g/mol. The van der Waals surface area contributed by atoms with Crippen LogP contribution in [0.2, 0.25) is 0 Å². The summed E-state index contributed by atoms with van der Waals surface area (Å²) >= 11 is 0. The molecule has 2 bridgehead atoms. The summed E-state index contributed by atoms with van der Waals surface area (Å²) in [5, 5.41) is 51.2. The lowest BCUT2D eigenvalue weighted by Crippen LogP contribution is -2.68. The molecule has 3 aromatic carbocycles. The lowest BCUT2D eigenvalue weighted by atomic mass is 9.99. The zero-order chi connectivity index (χ0) is 51.1. The number of hydrogen-bond acceptors (Lipinski definition) is 11. The van der Waals surface area contributed by atoms with E-state index in [1.54, 1.807) is 68.4 Å². The number of aliphatic hydroxyl groups excluding tert-OH is 1. The summed E-state index contributed by atoms with van der Waals surface area (Å²) in [7, 11) is 0. The molecule has 4 heterocycles. The van der Waals surface area contributed by atoms with Gasteiger partial charge in [-0.05, 0) is 67.0 Å². The highest BCUT2D eigenvalue weighted by molar-refractivity contribution is 6.00. The minimum absolute atomic E-state index is 0.0597. The van der Waals surface area contributed by atoms with Crippen molar-refractivity contribution in [3.05, 3.63) is 102 Å². The van der Waals surface area contributed by atoms with Crippen molar-refractivity contribution in [3.8, 4) is 5.75 Å². The number of amides is 8. The molecule has 7 rings (SSSR count). The second-order valence-electron chi connectivity index (χ2n) is 18.6. The molecule has 21 nitrogen and oxygen atoms in total. The number of phenolic OH excluding ortho intramolecular Hbond substituents is 1. The number of aromatic hydroxyl groups is 1. The van der Waals surface area contributed by atoms with Crippen LogP contribution in [0.3, 0.4) is 0 Å². The first kappa shape index (κ1) is 51.1. The number of aromatic nitrogens is 1. The van der Waals surface area contributed by atoms with E-state index in [9.17, 15) is 48.9 Å². The number of carbonyl (C=O) groups excluding carboxylic acids is 8. The van der Waals surface area contributed by atoms with E-state index in [0.717, 1.165) is 0 Å². The molecule has 2 saturated heterocycles. The van der Waals surface area contributed by atoms with Gasteiger partial charge in [-0.1, -0.05) is 74.5 Å². The van der Waals surface area contributed by atoms with E-state index < -0.39 is 114 Å². The summed E-state index contributed by atoms with van der Waals surface area (Å²) in [5.41, 5.74) is -1.05. The Labute approximate surface area is 408 Å². The van der Waals surface area contributed by atoms with Crippen LogP contribution in [0.5, 0.6) is 5.75 Å². The van der Waals surface area contributed by atoms with Crippen molar-refractivity contribution in [1.29, 1.82) is 0 Å². The first-order chi connectivity index (χ1) is 33.9. The molecule has 0 saturated carbocycles. The van der Waals surface area contributed by atoms with Crippen molar-refractivity contribution in [3.63, 3.8) is 0 Å². The maximum absolute atomic E-state index is 15.4. The normalized spacial score (nSPS) is 24.7. The highest BCUT2D eigenvalue weighted by atomic mass is 16.4. The van der Waals surface area contributed by atoms with Crippen LogP contribution in [0.1, 0.15) is 63.1 Å². The van der Waals surface area contributed by atoms with Gasteiger partial charge in [0.1, 0.15) is 48.0 Å². The van der Waals surface area contributed by atoms with Crippen LogP contribution in [-0.4, -0.2) is 133 Å². The van der Waals surface area contributed by atoms with Crippen LogP contribution in [0, 0.1) is 5.92 Å². The fourth-order valence-electron chi connectivity index (χ4n) is 9.29. The van der Waals surface area contributed by atoms with Gasteiger partial charge in [-0.15, -0.1) is 0 Å². The number of rotatable bonds is 12. The van der Waals surface area contributed by atoms with Crippen molar-refractivity contribution in [1.82, 2.24) is 46.7 Å². The van der Waals surface area contributed by atoms with Crippen LogP contribution in [0.15, 0.2) is 85.1 Å². The van der Waals surface area contributed by atoms with E-state index in [0.29, 0.717) is 22.9 Å². The number of aliphatic hydroxyl groups is 1. The molecule has 0 spiro atoms. The van der Waals surface area contributed by atoms with Gasteiger partial charge in [0.25, 0.3) is 5.91 Å². The van der Waals surface area contributed by atoms with Crippen LogP contribution < -0.4 is 37.2 Å². The van der Waals surface area contributed by atoms with E-state index in [1.807, 2.05) is 0 Å². The zero-order valence-electron chi connectivity index (χ0n) is 39.5. The molecule has 8 unspecified atom stereocenters. The number of carbonyl (C=O) groups is 9. The number of carboxylic acids is 1. The molecule has 8 atom stereocenters. The highest BCUT2D eigenvalue weighted by Gasteiger charge is 2.47. The van der Waals surface area contributed by atoms with Gasteiger partial charge in [-0.2, -0.15) is 0 Å². The van der Waals surface area contributed by atoms with Gasteiger partial charge in [-0.3, -0.25) is 38.4 Å². The maximum atomic E-state index is 15.4. The van der Waals surface area contributed by atoms with Gasteiger partial charge < -0.3 is 62.0 Å². The Morgan fingerprint density at radius 3 is 2.17 bits per heavy atom. The Bertz CT molecular complexity index is 2690. The molecule has 376 valence electrons. The molecule has 4 aromatic rings. The fourth-order valence-corrected chi connectivity index (χ4v) is 9.29. The Morgan fingerprint density at radius 2 is 1.51 bits per heavy atom. The standard InChI is InChI=1S/C50H59N9O12/c1-27(2)41-46(67)54-35(22-29-10-5-4-6-11-29)43(64)51-28(3)42(63)55-37(48(69)70)24-31-25-59(38-13-8-7-12-33(31)38)50(26-60,49(71)56-41)57-44(65)36(23-30-15-17-32(61)18-16-30)53-45(66)39-14-9-21-58(39)47(68)34-19-20-40(62)52-34/h4-8,10-13,15-18,25,27-28,34-37,39,41,60-61H,9,14,19-24,26H2,1-3H3,(H,51,64)(H,52,62)(H,53,66)(H,54,67)(H,55,63)(H,56,71)(H,57,65)(H,69,70). The highest BCUT2D eigenvalue weighted by Crippen LogP contribution is 2.30. The molecule has 3 aliphatic rings. The second-order valence-corrected chi connectivity index (χ2v) is 18.6. The van der Waals surface area contributed by atoms with Gasteiger partial charge >= 0.3 is 5.97 Å². The number of benzene rings is 3. The summed E-state index contributed by atoms with van der Waals surface area (Å²) in [6, 6.07) is 11.8. The molecule has 0 aliphatic carbocycles. The Morgan fingerprint density at radius 1 is 0.803 bits per heavy atom. The SMILES string of the molecule is CC1NC(=O)C(Cc2ccccc2)NC(=O)C(C(C)C)NC(=O)C(CO)(NC(=O)C(Cc2ccc(O)cc2)NC(=O)C2CCCN2C(=O)C2CCC(=O)N2)n2cc(c3ccccc32)CC(C(=O)O)NC1=O. The number of carboxylic acid groups (broad SMARTS) is 1. The lowest BCUT2D eigenvalue weighted by Gasteiger charge is -2.37. The molecular formula is C50H59N9O12. The van der Waals surface area contributed by atoms with Crippen LogP contribution >= 0.6 is 0 Å². The Hall–Kier alpha value is -7.81. The van der Waals surface area contributed by atoms with Gasteiger partial charge in [0.15, 0.2) is 0 Å². The molecule has 3 aliphatic heterocycles. The number of aliphatic carboxylic acids is 1. The van der Waals surface area contributed by atoms with E-state index in [4.69, 9.17) is 0 Å². The van der Waals surface area contributed by atoms with E-state index >= 15 is 9.59 Å². The third-order valence-electron chi connectivity index (χ3n) is 13.2. The summed E-state index contributed by atoms with van der Waals surface area (Å²) in [4.78, 5) is 127. The molecule has 10 N–H and O–H groups in total. The number of nitrogens with one attached hydrogen (secondary N) is 7. The van der Waals surface area contributed by atoms with Crippen LogP contribution in [0.25, 0.3) is 10.9 Å². The van der Waals surface area contributed by atoms with Gasteiger partial charge in [0.2, 0.25) is 47.0 Å². The summed E-state index contributed by atoms with van der Waals surface area (Å²) in [5.74, 6) is -8.29. The first-order valence-electron chi connectivity index (χ1n) is 23.6. The molecule has 21 heteroatoms. The summed E-state index contributed by atoms with van der Waals surface area (Å²) < 4.78 is 1.23. The minimum Gasteiger partial charge on any atom is -0.508 e. The van der Waals surface area contributed by atoms with Crippen molar-refractivity contribution < 1.29 is 58.5 Å². The average Bonchev–Trinajstić information content (AvgIpc) is 4.11. The number of nitrogens with zero attached hydrogens (tertiary/aromatic N) is 2. The summed E-state index contributed by atoms with van der Waals surface area (Å²) in [6.07, 6.45) is 1.75. The van der Waals surface area contributed by atoms with E-state index in [2.05, 4.69) is 37.2 Å². The Balaban J connectivity index is 1.32. The third kappa shape index (κ3) is 11.5. The number of hydrogen-bond donors (Lipinski definition) is 10. The number of para-hydroxylation sites is 1. The second kappa shape index (κ2) is 21.9. The van der Waals surface area contributed by atoms with E-state index in [1.165, 1.54) is 46.9 Å². The molecule has 2 fully saturated rings. The zero-order valence-corrected chi connectivity index (χ0v) is 39.5. The molecule has 71 heavy (non-hydrogen) atoms. The van der Waals surface area contributed by atoms with Crippen LogP contribution in [0.4, 0.5) is 0 Å². The largest absolute Gasteiger partial charge is 0.508 e. The number of fused-ring (bicyclic) bond motifs is 5. The smallest absolute Gasteiger partial charge is 0.326 e. The maximum Gasteiger partial charge on any atom is 0.326 e. The molecule has 8 amide bonds. The number of phenols is 1. The predicted octanol–water partition coefficient (Wildman–Crippen LogP) is -0.396. The fraction of sp³-hybridized carbons (Fsp3) is 0.420. The van der Waals surface area contributed by atoms with Crippen molar-refractivity contribution >= 4 is 64.1 Å². The topological polar surface area (TPSA) is 307 Å². The first-order valence-corrected chi connectivity index (χ1v) is 23.6. The van der Waals surface area contributed by atoms with Gasteiger partial charge in [0.05, 0.1) is 12.1 Å². The van der Waals surface area contributed by atoms with Crippen LogP contribution in [-0.2, 0) is 68.1 Å². The van der Waals surface area contributed by atoms with E-state index in [-0.39, 0.29) is 61.4 Å². The minimum atomic E-state index is -2.58. The van der Waals surface area contributed by atoms with Crippen molar-refractivity contribution in [2.24, 2.45) is 5.92 Å². The molecular weight excluding hydrogens is 919 g/mol. The predicted molar refractivity (Wildman–Crippen MR) is 255 cm³/mol. The van der Waals surface area contributed by atoms with Gasteiger partial charge in [0, 0.05) is 43.8 Å². The molecule has 1 aromatic heterocycles. The Kier molecular flexibility index (Phi) is 15.7.